The lowest BCUT2D eigenvalue weighted by Crippen LogP contribution is -2.09. The van der Waals surface area contributed by atoms with E-state index in [1.807, 2.05) is 24.3 Å². The first-order valence-electron chi connectivity index (χ1n) is 4.05. The van der Waals surface area contributed by atoms with Crippen molar-refractivity contribution in [2.24, 2.45) is 0 Å². The average Bonchev–Trinajstić information content (AvgIpc) is 2.58. The summed E-state index contributed by atoms with van der Waals surface area (Å²) in [7, 11) is 0. The van der Waals surface area contributed by atoms with Crippen LogP contribution in [0.1, 0.15) is 0 Å². The number of ether oxygens (including phenoxy) is 1. The Morgan fingerprint density at radius 1 is 1.50 bits per heavy atom. The Morgan fingerprint density at radius 2 is 2.29 bits per heavy atom. The van der Waals surface area contributed by atoms with Crippen LogP contribution >= 0.6 is 0 Å². The molecule has 0 saturated carbocycles. The second-order valence-electron chi connectivity index (χ2n) is 2.76. The van der Waals surface area contributed by atoms with Crippen molar-refractivity contribution in [1.82, 2.24) is 10.2 Å². The van der Waals surface area contributed by atoms with Crippen molar-refractivity contribution in [3.05, 3.63) is 24.3 Å². The van der Waals surface area contributed by atoms with E-state index in [0.29, 0.717) is 5.88 Å². The van der Waals surface area contributed by atoms with Gasteiger partial charge in [0.25, 0.3) is 0 Å². The number of aliphatic carboxylic acids is 1. The zero-order valence-electron chi connectivity index (χ0n) is 7.23. The van der Waals surface area contributed by atoms with E-state index in [4.69, 9.17) is 9.84 Å². The van der Waals surface area contributed by atoms with Crippen molar-refractivity contribution in [1.29, 1.82) is 0 Å². The zero-order chi connectivity index (χ0) is 9.97. The lowest BCUT2D eigenvalue weighted by Gasteiger charge is -1.97. The molecule has 2 rings (SSSR count). The molecule has 2 N–H and O–H groups in total. The summed E-state index contributed by atoms with van der Waals surface area (Å²) in [5, 5.41) is 15.8. The Hall–Kier alpha value is -2.04. The average molecular weight is 192 g/mol. The Kier molecular flexibility index (Phi) is 2.06. The van der Waals surface area contributed by atoms with Crippen LogP contribution in [0.4, 0.5) is 0 Å². The second kappa shape index (κ2) is 3.37. The highest BCUT2D eigenvalue weighted by Crippen LogP contribution is 2.21. The number of carboxylic acid groups (broad SMARTS) is 1. The maximum Gasteiger partial charge on any atom is 0.341 e. The fourth-order valence-electron chi connectivity index (χ4n) is 1.18. The van der Waals surface area contributed by atoms with Crippen molar-refractivity contribution >= 4 is 16.9 Å². The number of carbonyl (C=O) groups is 1. The van der Waals surface area contributed by atoms with E-state index in [1.54, 1.807) is 0 Å². The van der Waals surface area contributed by atoms with Crippen molar-refractivity contribution in [2.45, 2.75) is 0 Å². The highest BCUT2D eigenvalue weighted by atomic mass is 16.5. The van der Waals surface area contributed by atoms with E-state index in [-0.39, 0.29) is 6.61 Å². The third-order valence-corrected chi connectivity index (χ3v) is 1.77. The van der Waals surface area contributed by atoms with Crippen LogP contribution in [0.2, 0.25) is 0 Å². The molecule has 0 aliphatic rings. The minimum atomic E-state index is -1.02. The molecular weight excluding hydrogens is 184 g/mol. The van der Waals surface area contributed by atoms with Gasteiger partial charge < -0.3 is 9.84 Å². The molecule has 14 heavy (non-hydrogen) atoms. The predicted molar refractivity (Wildman–Crippen MR) is 49.2 cm³/mol. The predicted octanol–water partition coefficient (Wildman–Crippen LogP) is 1.03. The van der Waals surface area contributed by atoms with Crippen LogP contribution in [-0.2, 0) is 4.79 Å². The van der Waals surface area contributed by atoms with E-state index in [2.05, 4.69) is 10.2 Å². The molecule has 72 valence electrons. The van der Waals surface area contributed by atoms with Gasteiger partial charge in [0.05, 0.1) is 10.9 Å². The van der Waals surface area contributed by atoms with Gasteiger partial charge in [-0.05, 0) is 12.1 Å². The van der Waals surface area contributed by atoms with Crippen LogP contribution in [0.5, 0.6) is 5.88 Å². The molecule has 0 amide bonds. The topological polar surface area (TPSA) is 75.2 Å². The number of benzene rings is 1. The number of hydrogen-bond acceptors (Lipinski definition) is 3. The number of nitrogens with zero attached hydrogens (tertiary/aromatic N) is 1. The number of rotatable bonds is 3. The molecule has 0 aliphatic heterocycles. The number of nitrogens with one attached hydrogen (secondary N) is 1. The van der Waals surface area contributed by atoms with Gasteiger partial charge in [-0.25, -0.2) is 4.79 Å². The van der Waals surface area contributed by atoms with Gasteiger partial charge >= 0.3 is 5.97 Å². The molecule has 0 saturated heterocycles. The maximum atomic E-state index is 10.3. The molecule has 0 atom stereocenters. The van der Waals surface area contributed by atoms with Gasteiger partial charge in [0.15, 0.2) is 6.61 Å². The summed E-state index contributed by atoms with van der Waals surface area (Å²) in [6.07, 6.45) is 0. The molecule has 1 aromatic carbocycles. The smallest absolute Gasteiger partial charge is 0.341 e. The van der Waals surface area contributed by atoms with Crippen molar-refractivity contribution in [3.8, 4) is 5.88 Å². The molecule has 0 unspecified atom stereocenters. The van der Waals surface area contributed by atoms with Gasteiger partial charge in [-0.2, -0.15) is 0 Å². The maximum absolute atomic E-state index is 10.3. The fraction of sp³-hybridized carbons (Fsp3) is 0.111. The molecule has 1 heterocycles. The largest absolute Gasteiger partial charge is 0.479 e. The standard InChI is InChI=1S/C9H8N2O3/c12-8(13)5-14-9-6-3-1-2-4-7(6)10-11-9/h1-4H,5H2,(H,10,11)(H,12,13). The number of para-hydroxylation sites is 1. The number of aromatic amines is 1. The van der Waals surface area contributed by atoms with Gasteiger partial charge in [-0.15, -0.1) is 5.10 Å². The lowest BCUT2D eigenvalue weighted by atomic mass is 10.2. The number of aromatic nitrogens is 2. The first kappa shape index (κ1) is 8.55. The van der Waals surface area contributed by atoms with Gasteiger partial charge in [-0.1, -0.05) is 12.1 Å². The highest BCUT2D eigenvalue weighted by molar-refractivity contribution is 5.84. The first-order valence-corrected chi connectivity index (χ1v) is 4.05. The number of H-pyrrole nitrogens is 1. The third kappa shape index (κ3) is 1.52. The molecule has 2 aromatic rings. The number of hydrogen-bond donors (Lipinski definition) is 2. The minimum Gasteiger partial charge on any atom is -0.479 e. The summed E-state index contributed by atoms with van der Waals surface area (Å²) < 4.78 is 4.98. The van der Waals surface area contributed by atoms with E-state index < -0.39 is 5.97 Å². The van der Waals surface area contributed by atoms with E-state index >= 15 is 0 Å². The molecule has 0 aliphatic carbocycles. The molecule has 0 fully saturated rings. The van der Waals surface area contributed by atoms with E-state index in [0.717, 1.165) is 10.9 Å². The quantitative estimate of drug-likeness (QED) is 0.761. The minimum absolute atomic E-state index is 0.322. The summed E-state index contributed by atoms with van der Waals surface area (Å²) in [5.74, 6) is -0.694. The van der Waals surface area contributed by atoms with E-state index in [9.17, 15) is 4.79 Å². The van der Waals surface area contributed by atoms with E-state index in [1.165, 1.54) is 0 Å². The summed E-state index contributed by atoms with van der Waals surface area (Å²) in [5.41, 5.74) is 0.827. The third-order valence-electron chi connectivity index (χ3n) is 1.77. The van der Waals surface area contributed by atoms with Crippen LogP contribution in [-0.4, -0.2) is 27.9 Å². The summed E-state index contributed by atoms with van der Waals surface area (Å²) in [6.45, 7) is -0.380. The van der Waals surface area contributed by atoms with Gasteiger partial charge in [0.1, 0.15) is 0 Å². The number of carboxylic acids is 1. The molecule has 0 bridgehead atoms. The van der Waals surface area contributed by atoms with Crippen molar-refractivity contribution < 1.29 is 14.6 Å². The summed E-state index contributed by atoms with van der Waals surface area (Å²) in [4.78, 5) is 10.3. The molecule has 0 spiro atoms. The molecular formula is C9H8N2O3. The van der Waals surface area contributed by atoms with Crippen molar-refractivity contribution in [3.63, 3.8) is 0 Å². The summed E-state index contributed by atoms with van der Waals surface area (Å²) >= 11 is 0. The normalized spacial score (nSPS) is 10.3. The van der Waals surface area contributed by atoms with Crippen LogP contribution in [0, 0.1) is 0 Å². The van der Waals surface area contributed by atoms with Crippen LogP contribution in [0.25, 0.3) is 10.9 Å². The zero-order valence-corrected chi connectivity index (χ0v) is 7.23. The number of fused-ring (bicyclic) bond motifs is 1. The second-order valence-corrected chi connectivity index (χ2v) is 2.76. The molecule has 5 nitrogen and oxygen atoms in total. The SMILES string of the molecule is O=C(O)COc1n[nH]c2ccccc12. The van der Waals surface area contributed by atoms with Crippen LogP contribution in [0.3, 0.4) is 0 Å². The van der Waals surface area contributed by atoms with Gasteiger partial charge in [-0.3, -0.25) is 5.10 Å². The lowest BCUT2D eigenvalue weighted by molar-refractivity contribution is -0.139. The monoisotopic (exact) mass is 192 g/mol. The first-order chi connectivity index (χ1) is 6.77. The van der Waals surface area contributed by atoms with Gasteiger partial charge in [0.2, 0.25) is 5.88 Å². The Bertz CT molecular complexity index is 464. The fourth-order valence-corrected chi connectivity index (χ4v) is 1.18. The van der Waals surface area contributed by atoms with Gasteiger partial charge in [0, 0.05) is 0 Å². The molecule has 1 aromatic heterocycles. The Morgan fingerprint density at radius 3 is 3.07 bits per heavy atom. The van der Waals surface area contributed by atoms with Crippen LogP contribution < -0.4 is 4.74 Å². The van der Waals surface area contributed by atoms with Crippen molar-refractivity contribution in [2.75, 3.05) is 6.61 Å². The van der Waals surface area contributed by atoms with Crippen LogP contribution in [0.15, 0.2) is 24.3 Å². The molecule has 0 radical (unpaired) electrons. The Balaban J connectivity index is 2.29. The Labute approximate surface area is 79.3 Å². The highest BCUT2D eigenvalue weighted by Gasteiger charge is 2.06. The summed E-state index contributed by atoms with van der Waals surface area (Å²) in [6, 6.07) is 7.36. The molecule has 5 heteroatoms.